The molecule has 0 aliphatic heterocycles. The van der Waals surface area contributed by atoms with Crippen LogP contribution in [0.25, 0.3) is 10.6 Å². The van der Waals surface area contributed by atoms with Gasteiger partial charge in [-0.25, -0.2) is 4.98 Å². The Labute approximate surface area is 129 Å². The van der Waals surface area contributed by atoms with Crippen molar-refractivity contribution in [3.05, 3.63) is 35.1 Å². The number of carbonyl (C=O) groups excluding carboxylic acids is 1. The molecule has 21 heavy (non-hydrogen) atoms. The first-order chi connectivity index (χ1) is 9.88. The van der Waals surface area contributed by atoms with Crippen molar-refractivity contribution >= 4 is 17.2 Å². The van der Waals surface area contributed by atoms with Crippen molar-refractivity contribution in [3.8, 4) is 10.6 Å². The molecule has 0 aliphatic carbocycles. The van der Waals surface area contributed by atoms with E-state index < -0.39 is 0 Å². The molecule has 0 fully saturated rings. The van der Waals surface area contributed by atoms with E-state index in [0.29, 0.717) is 6.54 Å². The molecule has 0 aliphatic rings. The number of pyridine rings is 1. The first-order valence-electron chi connectivity index (χ1n) is 7.03. The summed E-state index contributed by atoms with van der Waals surface area (Å²) in [6, 6.07) is 3.92. The Morgan fingerprint density at radius 2 is 2.14 bits per heavy atom. The third-order valence-corrected chi connectivity index (χ3v) is 4.39. The zero-order valence-corrected chi connectivity index (χ0v) is 13.8. The van der Waals surface area contributed by atoms with E-state index in [1.165, 1.54) is 4.88 Å². The van der Waals surface area contributed by atoms with Gasteiger partial charge < -0.3 is 5.32 Å². The molecule has 0 atom stereocenters. The van der Waals surface area contributed by atoms with Gasteiger partial charge in [0.15, 0.2) is 0 Å². The minimum atomic E-state index is -0.344. The van der Waals surface area contributed by atoms with Crippen molar-refractivity contribution in [2.45, 2.75) is 34.1 Å². The van der Waals surface area contributed by atoms with Crippen LogP contribution in [0.15, 0.2) is 24.5 Å². The van der Waals surface area contributed by atoms with Gasteiger partial charge in [-0.1, -0.05) is 20.8 Å². The summed E-state index contributed by atoms with van der Waals surface area (Å²) in [5.74, 6) is 0.0807. The van der Waals surface area contributed by atoms with Crippen LogP contribution in [0.1, 0.15) is 31.3 Å². The van der Waals surface area contributed by atoms with Crippen molar-refractivity contribution in [2.24, 2.45) is 5.41 Å². The molecule has 2 rings (SSSR count). The molecule has 2 aromatic rings. The van der Waals surface area contributed by atoms with Gasteiger partial charge in [0.2, 0.25) is 5.91 Å². The van der Waals surface area contributed by atoms with E-state index in [1.807, 2.05) is 46.0 Å². The normalized spacial score (nSPS) is 11.4. The largest absolute Gasteiger partial charge is 0.355 e. The molecule has 5 heteroatoms. The molecular weight excluding hydrogens is 282 g/mol. The number of thiazole rings is 1. The Morgan fingerprint density at radius 3 is 2.76 bits per heavy atom. The first kappa shape index (κ1) is 15.6. The number of nitrogens with one attached hydrogen (secondary N) is 1. The summed E-state index contributed by atoms with van der Waals surface area (Å²) >= 11 is 1.67. The number of hydrogen-bond acceptors (Lipinski definition) is 4. The van der Waals surface area contributed by atoms with Crippen molar-refractivity contribution < 1.29 is 4.79 Å². The van der Waals surface area contributed by atoms with Gasteiger partial charge in [-0.3, -0.25) is 9.78 Å². The molecule has 0 unspecified atom stereocenters. The smallest absolute Gasteiger partial charge is 0.225 e. The van der Waals surface area contributed by atoms with Gasteiger partial charge in [-0.15, -0.1) is 11.3 Å². The van der Waals surface area contributed by atoms with E-state index in [1.54, 1.807) is 17.5 Å². The van der Waals surface area contributed by atoms with Crippen LogP contribution in [0.2, 0.25) is 0 Å². The molecule has 0 aromatic carbocycles. The fourth-order valence-electron chi connectivity index (χ4n) is 1.83. The second kappa shape index (κ2) is 6.35. The molecule has 0 saturated heterocycles. The first-order valence-corrected chi connectivity index (χ1v) is 7.84. The van der Waals surface area contributed by atoms with E-state index in [-0.39, 0.29) is 11.3 Å². The van der Waals surface area contributed by atoms with E-state index in [2.05, 4.69) is 15.3 Å². The molecule has 0 radical (unpaired) electrons. The number of hydrogen-bond donors (Lipinski definition) is 1. The molecule has 4 nitrogen and oxygen atoms in total. The number of amides is 1. The Bertz CT molecular complexity index is 614. The SMILES string of the molecule is Cc1nc(-c2cccnc2)sc1CCNC(=O)C(C)(C)C. The molecular formula is C16H21N3OS. The van der Waals surface area contributed by atoms with E-state index in [4.69, 9.17) is 0 Å². The Morgan fingerprint density at radius 1 is 1.38 bits per heavy atom. The van der Waals surface area contributed by atoms with Crippen LogP contribution in [-0.4, -0.2) is 22.4 Å². The van der Waals surface area contributed by atoms with Crippen LogP contribution in [0.3, 0.4) is 0 Å². The number of carbonyl (C=O) groups is 1. The summed E-state index contributed by atoms with van der Waals surface area (Å²) in [6.45, 7) is 8.41. The highest BCUT2D eigenvalue weighted by atomic mass is 32.1. The third kappa shape index (κ3) is 4.11. The van der Waals surface area contributed by atoms with E-state index in [0.717, 1.165) is 22.7 Å². The lowest BCUT2D eigenvalue weighted by Gasteiger charge is -2.17. The summed E-state index contributed by atoms with van der Waals surface area (Å²) in [6.07, 6.45) is 4.39. The van der Waals surface area contributed by atoms with Gasteiger partial charge in [0.25, 0.3) is 0 Å². The lowest BCUT2D eigenvalue weighted by Crippen LogP contribution is -2.35. The Balaban J connectivity index is 1.99. The van der Waals surface area contributed by atoms with Crippen LogP contribution >= 0.6 is 11.3 Å². The van der Waals surface area contributed by atoms with Crippen molar-refractivity contribution in [2.75, 3.05) is 6.54 Å². The third-order valence-electron chi connectivity index (χ3n) is 3.12. The minimum absolute atomic E-state index is 0.0807. The molecule has 2 heterocycles. The summed E-state index contributed by atoms with van der Waals surface area (Å²) in [4.78, 5) is 21.8. The van der Waals surface area contributed by atoms with E-state index >= 15 is 0 Å². The fraction of sp³-hybridized carbons (Fsp3) is 0.438. The van der Waals surface area contributed by atoms with Crippen LogP contribution in [0, 0.1) is 12.3 Å². The van der Waals surface area contributed by atoms with Gasteiger partial charge in [0, 0.05) is 41.2 Å². The molecule has 0 saturated carbocycles. The number of aromatic nitrogens is 2. The standard InChI is InChI=1S/C16H21N3OS/c1-11-13(7-9-18-15(20)16(2,3)4)21-14(19-11)12-6-5-8-17-10-12/h5-6,8,10H,7,9H2,1-4H3,(H,18,20). The zero-order chi connectivity index (χ0) is 15.5. The lowest BCUT2D eigenvalue weighted by molar-refractivity contribution is -0.128. The number of nitrogens with zero attached hydrogens (tertiary/aromatic N) is 2. The monoisotopic (exact) mass is 303 g/mol. The van der Waals surface area contributed by atoms with Crippen LogP contribution in [0.5, 0.6) is 0 Å². The Kier molecular flexibility index (Phi) is 4.73. The Hall–Kier alpha value is -1.75. The fourth-order valence-corrected chi connectivity index (χ4v) is 2.88. The second-order valence-electron chi connectivity index (χ2n) is 6.03. The average molecular weight is 303 g/mol. The maximum Gasteiger partial charge on any atom is 0.225 e. The molecule has 1 amide bonds. The quantitative estimate of drug-likeness (QED) is 0.943. The predicted octanol–water partition coefficient (Wildman–Crippen LogP) is 3.22. The topological polar surface area (TPSA) is 54.9 Å². The highest BCUT2D eigenvalue weighted by Crippen LogP contribution is 2.27. The van der Waals surface area contributed by atoms with Gasteiger partial charge >= 0.3 is 0 Å². The summed E-state index contributed by atoms with van der Waals surface area (Å²) in [5, 5.41) is 3.96. The number of aryl methyl sites for hydroxylation is 1. The van der Waals surface area contributed by atoms with Crippen LogP contribution < -0.4 is 5.32 Å². The molecule has 2 aromatic heterocycles. The highest BCUT2D eigenvalue weighted by molar-refractivity contribution is 7.15. The molecule has 0 spiro atoms. The van der Waals surface area contributed by atoms with Crippen molar-refractivity contribution in [1.29, 1.82) is 0 Å². The summed E-state index contributed by atoms with van der Waals surface area (Å²) in [7, 11) is 0. The maximum atomic E-state index is 11.8. The lowest BCUT2D eigenvalue weighted by atomic mass is 9.96. The van der Waals surface area contributed by atoms with Gasteiger partial charge in [-0.05, 0) is 19.1 Å². The van der Waals surface area contributed by atoms with Crippen LogP contribution in [-0.2, 0) is 11.2 Å². The predicted molar refractivity (Wildman–Crippen MR) is 86.3 cm³/mol. The van der Waals surface area contributed by atoms with Crippen molar-refractivity contribution in [3.63, 3.8) is 0 Å². The molecule has 1 N–H and O–H groups in total. The number of rotatable bonds is 4. The molecule has 112 valence electrons. The zero-order valence-electron chi connectivity index (χ0n) is 12.9. The van der Waals surface area contributed by atoms with Gasteiger partial charge in [-0.2, -0.15) is 0 Å². The van der Waals surface area contributed by atoms with Gasteiger partial charge in [0.05, 0.1) is 5.69 Å². The maximum absolute atomic E-state index is 11.8. The second-order valence-corrected chi connectivity index (χ2v) is 7.11. The van der Waals surface area contributed by atoms with Gasteiger partial charge in [0.1, 0.15) is 5.01 Å². The summed E-state index contributed by atoms with van der Waals surface area (Å²) < 4.78 is 0. The van der Waals surface area contributed by atoms with E-state index in [9.17, 15) is 4.79 Å². The highest BCUT2D eigenvalue weighted by Gasteiger charge is 2.20. The molecule has 0 bridgehead atoms. The minimum Gasteiger partial charge on any atom is -0.355 e. The van der Waals surface area contributed by atoms with Crippen LogP contribution in [0.4, 0.5) is 0 Å². The average Bonchev–Trinajstić information content (AvgIpc) is 2.80. The van der Waals surface area contributed by atoms with Crippen molar-refractivity contribution in [1.82, 2.24) is 15.3 Å². The summed E-state index contributed by atoms with van der Waals surface area (Å²) in [5.41, 5.74) is 1.73.